The second-order valence-electron chi connectivity index (χ2n) is 6.63. The number of carboxylic acids is 1. The van der Waals surface area contributed by atoms with Crippen LogP contribution in [0, 0.1) is 6.92 Å². The van der Waals surface area contributed by atoms with Gasteiger partial charge in [-0.3, -0.25) is 4.72 Å². The summed E-state index contributed by atoms with van der Waals surface area (Å²) in [7, 11) is -2.01. The Labute approximate surface area is 175 Å². The predicted molar refractivity (Wildman–Crippen MR) is 116 cm³/mol. The molecular weight excluding hydrogens is 404 g/mol. The first-order chi connectivity index (χ1) is 14.3. The van der Waals surface area contributed by atoms with Crippen molar-refractivity contribution in [2.75, 3.05) is 23.3 Å². The number of benzene rings is 3. The molecule has 3 rings (SSSR count). The molecule has 0 radical (unpaired) electrons. The lowest BCUT2D eigenvalue weighted by Gasteiger charge is -2.23. The Balaban J connectivity index is 1.88. The highest BCUT2D eigenvalue weighted by molar-refractivity contribution is 7.92. The topological polar surface area (TPSA) is 95.9 Å². The van der Waals surface area contributed by atoms with Crippen LogP contribution in [0.15, 0.2) is 77.7 Å². The average molecular weight is 426 g/mol. The highest BCUT2D eigenvalue weighted by Gasteiger charge is 2.19. The number of nitrogens with zero attached hydrogens (tertiary/aromatic N) is 1. The van der Waals surface area contributed by atoms with Crippen LogP contribution in [0.5, 0.6) is 5.75 Å². The van der Waals surface area contributed by atoms with E-state index in [1.807, 2.05) is 54.4 Å². The lowest BCUT2D eigenvalue weighted by molar-refractivity contribution is -0.139. The number of carboxylic acid groups (broad SMARTS) is 1. The number of nitrogens with one attached hydrogen (secondary N) is 1. The van der Waals surface area contributed by atoms with Crippen molar-refractivity contribution in [3.8, 4) is 5.75 Å². The molecule has 0 aliphatic carbocycles. The van der Waals surface area contributed by atoms with E-state index in [-0.39, 0.29) is 4.90 Å². The quantitative estimate of drug-likeness (QED) is 0.565. The summed E-state index contributed by atoms with van der Waals surface area (Å²) in [5, 5.41) is 8.73. The number of hydrogen-bond donors (Lipinski definition) is 2. The molecule has 0 unspecified atom stereocenters. The minimum absolute atomic E-state index is 0.0554. The molecule has 0 aromatic heterocycles. The van der Waals surface area contributed by atoms with E-state index >= 15 is 0 Å². The molecular formula is C22H22N2O5S. The van der Waals surface area contributed by atoms with E-state index in [0.29, 0.717) is 22.7 Å². The van der Waals surface area contributed by atoms with Crippen LogP contribution >= 0.6 is 0 Å². The summed E-state index contributed by atoms with van der Waals surface area (Å²) in [4.78, 5) is 12.6. The monoisotopic (exact) mass is 426 g/mol. The van der Waals surface area contributed by atoms with Crippen LogP contribution in [0.25, 0.3) is 0 Å². The van der Waals surface area contributed by atoms with E-state index in [2.05, 4.69) is 4.72 Å². The van der Waals surface area contributed by atoms with E-state index in [1.165, 1.54) is 18.2 Å². The maximum absolute atomic E-state index is 13.0. The van der Waals surface area contributed by atoms with Gasteiger partial charge in [0.1, 0.15) is 5.75 Å². The van der Waals surface area contributed by atoms with Gasteiger partial charge in [0.15, 0.2) is 6.61 Å². The van der Waals surface area contributed by atoms with Gasteiger partial charge >= 0.3 is 5.97 Å². The summed E-state index contributed by atoms with van der Waals surface area (Å²) < 4.78 is 33.8. The third-order valence-corrected chi connectivity index (χ3v) is 5.82. The number of rotatable bonds is 8. The molecule has 0 atom stereocenters. The maximum Gasteiger partial charge on any atom is 0.341 e. The number of ether oxygens (including phenoxy) is 1. The van der Waals surface area contributed by atoms with E-state index in [0.717, 1.165) is 5.69 Å². The van der Waals surface area contributed by atoms with Gasteiger partial charge in [0.25, 0.3) is 10.0 Å². The molecule has 0 heterocycles. The highest BCUT2D eigenvalue weighted by atomic mass is 32.2. The number of anilines is 3. The first kappa shape index (κ1) is 21.2. The van der Waals surface area contributed by atoms with E-state index in [9.17, 15) is 13.2 Å². The van der Waals surface area contributed by atoms with Gasteiger partial charge in [-0.05, 0) is 55.0 Å². The smallest absolute Gasteiger partial charge is 0.341 e. The first-order valence-electron chi connectivity index (χ1n) is 9.14. The lowest BCUT2D eigenvalue weighted by Crippen LogP contribution is -2.17. The van der Waals surface area contributed by atoms with Crippen LogP contribution in [0.1, 0.15) is 5.56 Å². The summed E-state index contributed by atoms with van der Waals surface area (Å²) in [6, 6.07) is 21.0. The third-order valence-electron chi connectivity index (χ3n) is 4.46. The second-order valence-corrected chi connectivity index (χ2v) is 8.31. The van der Waals surface area contributed by atoms with E-state index < -0.39 is 22.6 Å². The molecule has 30 heavy (non-hydrogen) atoms. The summed E-state index contributed by atoms with van der Waals surface area (Å²) >= 11 is 0. The average Bonchev–Trinajstić information content (AvgIpc) is 2.73. The Bertz CT molecular complexity index is 1150. The fourth-order valence-electron chi connectivity index (χ4n) is 2.94. The minimum Gasteiger partial charge on any atom is -0.482 e. The highest BCUT2D eigenvalue weighted by Crippen LogP contribution is 2.32. The van der Waals surface area contributed by atoms with Crippen molar-refractivity contribution in [3.63, 3.8) is 0 Å². The van der Waals surface area contributed by atoms with Crippen molar-refractivity contribution < 1.29 is 23.1 Å². The molecule has 0 aliphatic rings. The number of aliphatic carboxylic acids is 1. The van der Waals surface area contributed by atoms with Crippen LogP contribution in [0.2, 0.25) is 0 Å². The van der Waals surface area contributed by atoms with Gasteiger partial charge in [-0.15, -0.1) is 0 Å². The van der Waals surface area contributed by atoms with Gasteiger partial charge in [0.05, 0.1) is 16.3 Å². The molecule has 0 fully saturated rings. The van der Waals surface area contributed by atoms with Crippen molar-refractivity contribution in [1.82, 2.24) is 0 Å². The largest absolute Gasteiger partial charge is 0.482 e. The van der Waals surface area contributed by atoms with Crippen LogP contribution in [0.3, 0.4) is 0 Å². The molecule has 0 bridgehead atoms. The van der Waals surface area contributed by atoms with Gasteiger partial charge in [-0.2, -0.15) is 0 Å². The van der Waals surface area contributed by atoms with Crippen molar-refractivity contribution >= 4 is 33.1 Å². The number of hydrogen-bond acceptors (Lipinski definition) is 5. The molecule has 0 aliphatic heterocycles. The Kier molecular flexibility index (Phi) is 6.27. The van der Waals surface area contributed by atoms with Crippen LogP contribution in [-0.2, 0) is 14.8 Å². The number of sulfonamides is 1. The Hall–Kier alpha value is -3.52. The zero-order chi connectivity index (χ0) is 21.7. The Morgan fingerprint density at radius 1 is 1.03 bits per heavy atom. The van der Waals surface area contributed by atoms with Gasteiger partial charge in [0.2, 0.25) is 0 Å². The predicted octanol–water partition coefficient (Wildman–Crippen LogP) is 4.03. The fourth-order valence-corrected chi connectivity index (χ4v) is 4.10. The van der Waals surface area contributed by atoms with Gasteiger partial charge < -0.3 is 14.7 Å². The zero-order valence-corrected chi connectivity index (χ0v) is 17.4. The Morgan fingerprint density at radius 2 is 1.70 bits per heavy atom. The number of para-hydroxylation sites is 3. The molecule has 2 N–H and O–H groups in total. The molecule has 3 aromatic rings. The van der Waals surface area contributed by atoms with Crippen LogP contribution in [0.4, 0.5) is 17.1 Å². The van der Waals surface area contributed by atoms with Crippen molar-refractivity contribution in [3.05, 3.63) is 78.4 Å². The molecule has 0 saturated carbocycles. The van der Waals surface area contributed by atoms with E-state index in [1.54, 1.807) is 19.1 Å². The molecule has 8 heteroatoms. The molecule has 156 valence electrons. The Morgan fingerprint density at radius 3 is 2.37 bits per heavy atom. The molecule has 0 saturated heterocycles. The second kappa shape index (κ2) is 8.87. The third kappa shape index (κ3) is 4.90. The molecule has 0 amide bonds. The minimum atomic E-state index is -3.87. The maximum atomic E-state index is 13.0. The van der Waals surface area contributed by atoms with Crippen molar-refractivity contribution in [1.29, 1.82) is 0 Å². The molecule has 0 spiro atoms. The van der Waals surface area contributed by atoms with E-state index in [4.69, 9.17) is 9.84 Å². The molecule has 7 nitrogen and oxygen atoms in total. The van der Waals surface area contributed by atoms with Crippen LogP contribution in [-0.4, -0.2) is 33.1 Å². The summed E-state index contributed by atoms with van der Waals surface area (Å²) in [6.45, 7) is 1.16. The zero-order valence-electron chi connectivity index (χ0n) is 16.6. The first-order valence-corrected chi connectivity index (χ1v) is 10.6. The van der Waals surface area contributed by atoms with Crippen molar-refractivity contribution in [2.45, 2.75) is 11.8 Å². The van der Waals surface area contributed by atoms with Gasteiger partial charge in [0, 0.05) is 12.7 Å². The SMILES string of the molecule is Cc1cc(S(=O)(=O)Nc2ccccc2N(C)c2ccccc2)ccc1OCC(=O)O. The summed E-state index contributed by atoms with van der Waals surface area (Å²) in [5.41, 5.74) is 2.58. The summed E-state index contributed by atoms with van der Waals surface area (Å²) in [5.74, 6) is -0.785. The summed E-state index contributed by atoms with van der Waals surface area (Å²) in [6.07, 6.45) is 0. The van der Waals surface area contributed by atoms with Crippen LogP contribution < -0.4 is 14.4 Å². The normalized spacial score (nSPS) is 11.0. The van der Waals surface area contributed by atoms with Gasteiger partial charge in [-0.1, -0.05) is 30.3 Å². The number of aryl methyl sites for hydroxylation is 1. The number of carbonyl (C=O) groups is 1. The standard InChI is InChI=1S/C22H22N2O5S/c1-16-14-18(12-13-21(16)29-15-22(25)26)30(27,28)23-19-10-6-7-11-20(19)24(2)17-8-4-3-5-9-17/h3-14,23H,15H2,1-2H3,(H,25,26). The molecule has 3 aromatic carbocycles. The van der Waals surface area contributed by atoms with Gasteiger partial charge in [-0.25, -0.2) is 13.2 Å². The lowest BCUT2D eigenvalue weighted by atomic mass is 10.2. The van der Waals surface area contributed by atoms with Crippen molar-refractivity contribution in [2.24, 2.45) is 0 Å². The fraction of sp³-hybridized carbons (Fsp3) is 0.136.